The molecule has 60 valence electrons. The third kappa shape index (κ3) is 0.972. The van der Waals surface area contributed by atoms with Crippen LogP contribution in [0.25, 0.3) is 0 Å². The Morgan fingerprint density at radius 3 is 3.17 bits per heavy atom. The molecule has 0 aromatic carbocycles. The lowest BCUT2D eigenvalue weighted by Crippen LogP contribution is -2.14. The van der Waals surface area contributed by atoms with Crippen molar-refractivity contribution >= 4 is 18.0 Å². The summed E-state index contributed by atoms with van der Waals surface area (Å²) >= 11 is 0. The number of carbonyl (C=O) groups is 1. The van der Waals surface area contributed by atoms with E-state index in [1.54, 1.807) is 10.8 Å². The van der Waals surface area contributed by atoms with Crippen LogP contribution >= 0.6 is 0 Å². The van der Waals surface area contributed by atoms with Crippen molar-refractivity contribution in [3.05, 3.63) is 24.0 Å². The SMILES string of the molecule is O=C(O)C1=C[N+]2=CC=CCC2=N1. The number of allylic oxidation sites excluding steroid dienone is 1. The summed E-state index contributed by atoms with van der Waals surface area (Å²) in [6.07, 6.45) is 7.82. The van der Waals surface area contributed by atoms with Crippen molar-refractivity contribution in [3.8, 4) is 0 Å². The summed E-state index contributed by atoms with van der Waals surface area (Å²) < 4.78 is 1.73. The van der Waals surface area contributed by atoms with Crippen LogP contribution in [0, 0.1) is 0 Å². The first-order chi connectivity index (χ1) is 5.77. The molecule has 0 aromatic rings. The van der Waals surface area contributed by atoms with Gasteiger partial charge in [-0.05, 0) is 11.1 Å². The Kier molecular flexibility index (Phi) is 1.40. The maximum absolute atomic E-state index is 10.5. The number of carboxylic acid groups (broad SMARTS) is 1. The van der Waals surface area contributed by atoms with Crippen LogP contribution in [0.15, 0.2) is 29.0 Å². The molecule has 0 aliphatic carbocycles. The third-order valence-corrected chi connectivity index (χ3v) is 1.71. The normalized spacial score (nSPS) is 19.5. The zero-order chi connectivity index (χ0) is 8.55. The van der Waals surface area contributed by atoms with Crippen LogP contribution in [-0.4, -0.2) is 27.7 Å². The van der Waals surface area contributed by atoms with Crippen molar-refractivity contribution in [1.29, 1.82) is 0 Å². The molecule has 0 bridgehead atoms. The molecule has 2 rings (SSSR count). The van der Waals surface area contributed by atoms with Crippen molar-refractivity contribution in [2.45, 2.75) is 6.42 Å². The lowest BCUT2D eigenvalue weighted by atomic mass is 10.3. The monoisotopic (exact) mass is 163 g/mol. The number of hydrogen-bond acceptors (Lipinski definition) is 2. The third-order valence-electron chi connectivity index (χ3n) is 1.71. The zero-order valence-electron chi connectivity index (χ0n) is 6.27. The van der Waals surface area contributed by atoms with E-state index in [1.165, 1.54) is 6.20 Å². The minimum absolute atomic E-state index is 0.102. The number of aliphatic carboxylic acids is 1. The largest absolute Gasteiger partial charge is 0.475 e. The Hall–Kier alpha value is -1.71. The number of nitrogens with zero attached hydrogens (tertiary/aromatic N) is 2. The minimum Gasteiger partial charge on any atom is -0.475 e. The van der Waals surface area contributed by atoms with Gasteiger partial charge < -0.3 is 5.11 Å². The molecule has 4 heteroatoms. The van der Waals surface area contributed by atoms with Crippen LogP contribution in [0.4, 0.5) is 0 Å². The van der Waals surface area contributed by atoms with Crippen LogP contribution < -0.4 is 0 Å². The Morgan fingerprint density at radius 1 is 1.67 bits per heavy atom. The summed E-state index contributed by atoms with van der Waals surface area (Å²) in [6.45, 7) is 0. The summed E-state index contributed by atoms with van der Waals surface area (Å²) in [5.74, 6) is -0.208. The molecule has 0 atom stereocenters. The van der Waals surface area contributed by atoms with Crippen LogP contribution in [-0.2, 0) is 4.79 Å². The molecule has 0 unspecified atom stereocenters. The number of fused-ring (bicyclic) bond motifs is 1. The lowest BCUT2D eigenvalue weighted by molar-refractivity contribution is -0.317. The molecule has 0 spiro atoms. The van der Waals surface area contributed by atoms with E-state index in [0.29, 0.717) is 6.42 Å². The van der Waals surface area contributed by atoms with Gasteiger partial charge >= 0.3 is 11.8 Å². The molecule has 2 aliphatic heterocycles. The average Bonchev–Trinajstić information content (AvgIpc) is 2.46. The van der Waals surface area contributed by atoms with E-state index in [2.05, 4.69) is 4.99 Å². The van der Waals surface area contributed by atoms with Crippen LogP contribution in [0.1, 0.15) is 6.42 Å². The highest BCUT2D eigenvalue weighted by Gasteiger charge is 2.28. The van der Waals surface area contributed by atoms with Crippen molar-refractivity contribution in [2.75, 3.05) is 0 Å². The lowest BCUT2D eigenvalue weighted by Gasteiger charge is -1.95. The molecule has 1 N–H and O–H groups in total. The summed E-state index contributed by atoms with van der Waals surface area (Å²) in [5, 5.41) is 8.62. The Labute approximate surface area is 68.9 Å². The van der Waals surface area contributed by atoms with Crippen molar-refractivity contribution < 1.29 is 14.5 Å². The maximum atomic E-state index is 10.5. The van der Waals surface area contributed by atoms with Gasteiger partial charge in [-0.25, -0.2) is 9.37 Å². The molecule has 2 aliphatic rings. The molecule has 0 radical (unpaired) electrons. The molecule has 0 amide bonds. The topological polar surface area (TPSA) is 52.7 Å². The molecule has 4 nitrogen and oxygen atoms in total. The predicted molar refractivity (Wildman–Crippen MR) is 43.2 cm³/mol. The van der Waals surface area contributed by atoms with Crippen molar-refractivity contribution in [2.24, 2.45) is 4.99 Å². The van der Waals surface area contributed by atoms with E-state index in [0.717, 1.165) is 5.84 Å². The molecular weight excluding hydrogens is 156 g/mol. The molecule has 0 saturated carbocycles. The second kappa shape index (κ2) is 2.41. The first-order valence-corrected chi connectivity index (χ1v) is 3.58. The average molecular weight is 163 g/mol. The van der Waals surface area contributed by atoms with Gasteiger partial charge in [-0.2, -0.15) is 0 Å². The van der Waals surface area contributed by atoms with Crippen LogP contribution in [0.5, 0.6) is 0 Å². The molecule has 0 fully saturated rings. The highest BCUT2D eigenvalue weighted by molar-refractivity contribution is 5.95. The van der Waals surface area contributed by atoms with E-state index < -0.39 is 5.97 Å². The molecule has 0 saturated heterocycles. The highest BCUT2D eigenvalue weighted by atomic mass is 16.4. The Balaban J connectivity index is 2.38. The fraction of sp³-hybridized carbons (Fsp3) is 0.125. The Bertz CT molecular complexity index is 358. The zero-order valence-corrected chi connectivity index (χ0v) is 6.27. The van der Waals surface area contributed by atoms with E-state index in [1.807, 2.05) is 12.2 Å². The van der Waals surface area contributed by atoms with Gasteiger partial charge in [-0.3, -0.25) is 0 Å². The molecule has 12 heavy (non-hydrogen) atoms. The van der Waals surface area contributed by atoms with Gasteiger partial charge in [-0.1, -0.05) is 6.08 Å². The number of amidine groups is 1. The van der Waals surface area contributed by atoms with Crippen molar-refractivity contribution in [1.82, 2.24) is 0 Å². The fourth-order valence-electron chi connectivity index (χ4n) is 1.14. The van der Waals surface area contributed by atoms with Crippen molar-refractivity contribution in [3.63, 3.8) is 0 Å². The van der Waals surface area contributed by atoms with Gasteiger partial charge in [0, 0.05) is 0 Å². The number of hydrogen-bond donors (Lipinski definition) is 1. The van der Waals surface area contributed by atoms with E-state index >= 15 is 0 Å². The number of rotatable bonds is 1. The van der Waals surface area contributed by atoms with Gasteiger partial charge in [-0.15, -0.1) is 0 Å². The maximum Gasteiger partial charge on any atom is 0.384 e. The Morgan fingerprint density at radius 2 is 2.50 bits per heavy atom. The first-order valence-electron chi connectivity index (χ1n) is 3.58. The quantitative estimate of drug-likeness (QED) is 0.568. The number of aliphatic imine (C=N–C) groups is 1. The molecule has 0 aromatic heterocycles. The van der Waals surface area contributed by atoms with E-state index in [4.69, 9.17) is 5.11 Å². The first kappa shape index (κ1) is 6.97. The molecular formula is C8H7N2O2+. The summed E-state index contributed by atoms with van der Waals surface area (Å²) in [7, 11) is 0. The molecule has 2 heterocycles. The second-order valence-corrected chi connectivity index (χ2v) is 2.54. The predicted octanol–water partition coefficient (Wildman–Crippen LogP) is 0.368. The smallest absolute Gasteiger partial charge is 0.384 e. The summed E-state index contributed by atoms with van der Waals surface area (Å²) in [6, 6.07) is 0. The highest BCUT2D eigenvalue weighted by Crippen LogP contribution is 2.11. The summed E-state index contributed by atoms with van der Waals surface area (Å²) in [5.41, 5.74) is 0.102. The fourth-order valence-corrected chi connectivity index (χ4v) is 1.14. The van der Waals surface area contributed by atoms with E-state index in [-0.39, 0.29) is 5.70 Å². The number of carboxylic acids is 1. The van der Waals surface area contributed by atoms with E-state index in [9.17, 15) is 4.79 Å². The van der Waals surface area contributed by atoms with Crippen LogP contribution in [0.2, 0.25) is 0 Å². The standard InChI is InChI=1S/C8H6N2O2/c11-8(12)6-5-10-4-2-1-3-7(10)9-6/h1-2,4-5H,3H2/p+1. The van der Waals surface area contributed by atoms with Gasteiger partial charge in [0.2, 0.25) is 0 Å². The van der Waals surface area contributed by atoms with Gasteiger partial charge in [0.25, 0.3) is 5.70 Å². The minimum atomic E-state index is -0.981. The van der Waals surface area contributed by atoms with Gasteiger partial charge in [0.1, 0.15) is 0 Å². The van der Waals surface area contributed by atoms with Gasteiger partial charge in [0.15, 0.2) is 6.20 Å². The van der Waals surface area contributed by atoms with Crippen LogP contribution in [0.3, 0.4) is 0 Å². The summed E-state index contributed by atoms with van der Waals surface area (Å²) in [4.78, 5) is 14.4. The van der Waals surface area contributed by atoms with Gasteiger partial charge in [0.05, 0.1) is 12.6 Å². The second-order valence-electron chi connectivity index (χ2n) is 2.54.